The Bertz CT molecular complexity index is 387. The van der Waals surface area contributed by atoms with Crippen LogP contribution < -0.4 is 5.73 Å². The molecule has 1 saturated heterocycles. The standard InChI is InChI=1S/C16H27N3/c1-13-4-6-15(7-5-13)16(17)12-19(3)11-14-8-9-18(2)10-14/h4-7,14,16H,8-12,17H2,1-3H3. The Labute approximate surface area is 117 Å². The summed E-state index contributed by atoms with van der Waals surface area (Å²) in [6.07, 6.45) is 1.32. The first-order chi connectivity index (χ1) is 9.04. The molecule has 2 rings (SSSR count). The monoisotopic (exact) mass is 261 g/mol. The topological polar surface area (TPSA) is 32.5 Å². The fourth-order valence-corrected chi connectivity index (χ4v) is 2.95. The van der Waals surface area contributed by atoms with Crippen LogP contribution in [0.3, 0.4) is 0 Å². The van der Waals surface area contributed by atoms with E-state index in [1.54, 1.807) is 0 Å². The number of likely N-dealkylation sites (N-methyl/N-ethyl adjacent to an activating group) is 1. The largest absolute Gasteiger partial charge is 0.323 e. The van der Waals surface area contributed by atoms with Crippen LogP contribution in [0.15, 0.2) is 24.3 Å². The average Bonchev–Trinajstić information content (AvgIpc) is 2.75. The van der Waals surface area contributed by atoms with Crippen LogP contribution in [-0.2, 0) is 0 Å². The van der Waals surface area contributed by atoms with Crippen molar-refractivity contribution in [2.24, 2.45) is 11.7 Å². The van der Waals surface area contributed by atoms with Gasteiger partial charge in [0.15, 0.2) is 0 Å². The zero-order chi connectivity index (χ0) is 13.8. The molecule has 106 valence electrons. The van der Waals surface area contributed by atoms with Crippen LogP contribution >= 0.6 is 0 Å². The fraction of sp³-hybridized carbons (Fsp3) is 0.625. The van der Waals surface area contributed by atoms with E-state index < -0.39 is 0 Å². The summed E-state index contributed by atoms with van der Waals surface area (Å²) in [5.41, 5.74) is 8.82. The van der Waals surface area contributed by atoms with Crippen LogP contribution in [0.2, 0.25) is 0 Å². The van der Waals surface area contributed by atoms with E-state index in [1.165, 1.54) is 30.6 Å². The van der Waals surface area contributed by atoms with Crippen molar-refractivity contribution in [3.05, 3.63) is 35.4 Å². The summed E-state index contributed by atoms with van der Waals surface area (Å²) >= 11 is 0. The van der Waals surface area contributed by atoms with Crippen molar-refractivity contribution in [1.29, 1.82) is 0 Å². The Morgan fingerprint density at radius 3 is 2.63 bits per heavy atom. The van der Waals surface area contributed by atoms with E-state index in [4.69, 9.17) is 5.73 Å². The number of rotatable bonds is 5. The van der Waals surface area contributed by atoms with Gasteiger partial charge in [0.2, 0.25) is 0 Å². The molecule has 0 radical (unpaired) electrons. The van der Waals surface area contributed by atoms with Gasteiger partial charge in [-0.05, 0) is 45.5 Å². The van der Waals surface area contributed by atoms with E-state index in [0.717, 1.165) is 19.0 Å². The van der Waals surface area contributed by atoms with Crippen molar-refractivity contribution in [2.45, 2.75) is 19.4 Å². The van der Waals surface area contributed by atoms with Gasteiger partial charge >= 0.3 is 0 Å². The predicted octanol–water partition coefficient (Wildman–Crippen LogP) is 1.88. The molecule has 1 fully saturated rings. The van der Waals surface area contributed by atoms with Crippen molar-refractivity contribution in [1.82, 2.24) is 9.80 Å². The molecule has 2 unspecified atom stereocenters. The molecule has 1 aliphatic rings. The van der Waals surface area contributed by atoms with Gasteiger partial charge in [0.05, 0.1) is 0 Å². The van der Waals surface area contributed by atoms with Crippen molar-refractivity contribution < 1.29 is 0 Å². The molecule has 0 aliphatic carbocycles. The van der Waals surface area contributed by atoms with Crippen LogP contribution in [0.5, 0.6) is 0 Å². The molecule has 2 N–H and O–H groups in total. The lowest BCUT2D eigenvalue weighted by Crippen LogP contribution is -2.33. The van der Waals surface area contributed by atoms with Gasteiger partial charge in [0.1, 0.15) is 0 Å². The number of nitrogens with zero attached hydrogens (tertiary/aromatic N) is 2. The third kappa shape index (κ3) is 4.30. The second kappa shape index (κ2) is 6.51. The van der Waals surface area contributed by atoms with E-state index in [9.17, 15) is 0 Å². The molecule has 1 aromatic rings. The summed E-state index contributed by atoms with van der Waals surface area (Å²) in [5.74, 6) is 0.806. The van der Waals surface area contributed by atoms with Gasteiger partial charge in [-0.15, -0.1) is 0 Å². The Morgan fingerprint density at radius 2 is 2.05 bits per heavy atom. The Hall–Kier alpha value is -0.900. The minimum atomic E-state index is 0.115. The molecule has 0 saturated carbocycles. The van der Waals surface area contributed by atoms with Gasteiger partial charge in [0, 0.05) is 25.7 Å². The summed E-state index contributed by atoms with van der Waals surface area (Å²) in [7, 11) is 4.39. The number of likely N-dealkylation sites (tertiary alicyclic amines) is 1. The first-order valence-electron chi connectivity index (χ1n) is 7.24. The lowest BCUT2D eigenvalue weighted by Gasteiger charge is -2.24. The number of nitrogens with two attached hydrogens (primary N) is 1. The zero-order valence-corrected chi connectivity index (χ0v) is 12.5. The van der Waals surface area contributed by atoms with Gasteiger partial charge in [-0.25, -0.2) is 0 Å². The minimum absolute atomic E-state index is 0.115. The molecule has 3 heteroatoms. The van der Waals surface area contributed by atoms with Gasteiger partial charge in [-0.2, -0.15) is 0 Å². The SMILES string of the molecule is Cc1ccc(C(N)CN(C)CC2CCN(C)C2)cc1. The quantitative estimate of drug-likeness (QED) is 0.878. The molecular weight excluding hydrogens is 234 g/mol. The molecule has 3 nitrogen and oxygen atoms in total. The summed E-state index contributed by atoms with van der Waals surface area (Å²) in [6.45, 7) is 6.66. The smallest absolute Gasteiger partial charge is 0.0424 e. The van der Waals surface area contributed by atoms with Gasteiger partial charge in [-0.1, -0.05) is 29.8 Å². The first kappa shape index (κ1) is 14.5. The summed E-state index contributed by atoms with van der Waals surface area (Å²) in [4.78, 5) is 4.80. The fourth-order valence-electron chi connectivity index (χ4n) is 2.95. The van der Waals surface area contributed by atoms with Gasteiger partial charge in [0.25, 0.3) is 0 Å². The molecule has 1 heterocycles. The minimum Gasteiger partial charge on any atom is -0.323 e. The Balaban J connectivity index is 1.81. The molecule has 2 atom stereocenters. The number of hydrogen-bond donors (Lipinski definition) is 1. The lowest BCUT2D eigenvalue weighted by atomic mass is 10.0. The normalized spacial score (nSPS) is 22.1. The highest BCUT2D eigenvalue weighted by molar-refractivity contribution is 5.24. The van der Waals surface area contributed by atoms with E-state index in [1.807, 2.05) is 0 Å². The van der Waals surface area contributed by atoms with E-state index in [2.05, 4.69) is 55.1 Å². The second-order valence-corrected chi connectivity index (χ2v) is 6.16. The molecular formula is C16H27N3. The summed E-state index contributed by atoms with van der Waals surface area (Å²) in [5, 5.41) is 0. The van der Waals surface area contributed by atoms with E-state index in [0.29, 0.717) is 0 Å². The van der Waals surface area contributed by atoms with Gasteiger partial charge in [-0.3, -0.25) is 0 Å². The van der Waals surface area contributed by atoms with Crippen LogP contribution in [0, 0.1) is 12.8 Å². The Morgan fingerprint density at radius 1 is 1.37 bits per heavy atom. The third-order valence-electron chi connectivity index (χ3n) is 4.07. The maximum atomic E-state index is 6.30. The van der Waals surface area contributed by atoms with Crippen LogP contribution in [0.4, 0.5) is 0 Å². The average molecular weight is 261 g/mol. The van der Waals surface area contributed by atoms with Crippen LogP contribution in [-0.4, -0.2) is 50.1 Å². The number of hydrogen-bond acceptors (Lipinski definition) is 3. The first-order valence-corrected chi connectivity index (χ1v) is 7.24. The zero-order valence-electron chi connectivity index (χ0n) is 12.5. The lowest BCUT2D eigenvalue weighted by molar-refractivity contribution is 0.260. The molecule has 0 aromatic heterocycles. The number of benzene rings is 1. The molecule has 0 amide bonds. The molecule has 0 bridgehead atoms. The van der Waals surface area contributed by atoms with Crippen LogP contribution in [0.25, 0.3) is 0 Å². The maximum Gasteiger partial charge on any atom is 0.0424 e. The van der Waals surface area contributed by atoms with Crippen molar-refractivity contribution in [3.8, 4) is 0 Å². The molecule has 0 spiro atoms. The third-order valence-corrected chi connectivity index (χ3v) is 4.07. The molecule has 19 heavy (non-hydrogen) atoms. The predicted molar refractivity (Wildman–Crippen MR) is 81.2 cm³/mol. The van der Waals surface area contributed by atoms with E-state index in [-0.39, 0.29) is 6.04 Å². The van der Waals surface area contributed by atoms with E-state index >= 15 is 0 Å². The van der Waals surface area contributed by atoms with Crippen molar-refractivity contribution >= 4 is 0 Å². The van der Waals surface area contributed by atoms with Crippen molar-refractivity contribution in [2.75, 3.05) is 40.3 Å². The second-order valence-electron chi connectivity index (χ2n) is 6.16. The summed E-state index contributed by atoms with van der Waals surface area (Å²) in [6, 6.07) is 8.70. The highest BCUT2D eigenvalue weighted by Gasteiger charge is 2.21. The van der Waals surface area contributed by atoms with Crippen LogP contribution in [0.1, 0.15) is 23.6 Å². The van der Waals surface area contributed by atoms with Crippen molar-refractivity contribution in [3.63, 3.8) is 0 Å². The number of aryl methyl sites for hydroxylation is 1. The highest BCUT2D eigenvalue weighted by Crippen LogP contribution is 2.17. The van der Waals surface area contributed by atoms with Gasteiger partial charge < -0.3 is 15.5 Å². The maximum absolute atomic E-state index is 6.30. The molecule has 1 aromatic carbocycles. The Kier molecular flexibility index (Phi) is 4.97. The highest BCUT2D eigenvalue weighted by atomic mass is 15.2. The molecule has 1 aliphatic heterocycles. The summed E-state index contributed by atoms with van der Waals surface area (Å²) < 4.78 is 0.